The summed E-state index contributed by atoms with van der Waals surface area (Å²) in [5, 5.41) is 0. The number of benzene rings is 2. The molecule has 0 aromatic heterocycles. The molecular formula is C18H23NO4S. The molecule has 0 aliphatic rings. The summed E-state index contributed by atoms with van der Waals surface area (Å²) >= 11 is 0. The summed E-state index contributed by atoms with van der Waals surface area (Å²) < 4.78 is 35.2. The van der Waals surface area contributed by atoms with Gasteiger partial charge in [0.15, 0.2) is 21.3 Å². The number of methoxy groups -OCH3 is 1. The van der Waals surface area contributed by atoms with E-state index in [-0.39, 0.29) is 5.75 Å². The zero-order valence-corrected chi connectivity index (χ0v) is 14.6. The smallest absolute Gasteiger partial charge is 0.178 e. The van der Waals surface area contributed by atoms with Crippen LogP contribution in [0.4, 0.5) is 5.69 Å². The van der Waals surface area contributed by atoms with Crippen LogP contribution >= 0.6 is 0 Å². The minimum atomic E-state index is -3.19. The standard InChI is InChI=1S/C18H23NO4S/c1-22-18-14-15(19)10-11-17(18)23-12-6-3-7-13-24(20,21)16-8-4-2-5-9-16/h2,4-5,8-11,14H,3,6-7,12-13,19H2,1H3. The van der Waals surface area contributed by atoms with Crippen molar-refractivity contribution in [2.45, 2.75) is 24.2 Å². The van der Waals surface area contributed by atoms with Crippen molar-refractivity contribution >= 4 is 15.5 Å². The highest BCUT2D eigenvalue weighted by Crippen LogP contribution is 2.29. The van der Waals surface area contributed by atoms with Gasteiger partial charge in [-0.15, -0.1) is 0 Å². The lowest BCUT2D eigenvalue weighted by molar-refractivity contribution is 0.286. The molecule has 0 atom stereocenters. The van der Waals surface area contributed by atoms with Crippen molar-refractivity contribution in [2.24, 2.45) is 0 Å². The van der Waals surface area contributed by atoms with Gasteiger partial charge in [0.05, 0.1) is 24.4 Å². The summed E-state index contributed by atoms with van der Waals surface area (Å²) in [6, 6.07) is 13.8. The summed E-state index contributed by atoms with van der Waals surface area (Å²) in [5.41, 5.74) is 6.31. The summed E-state index contributed by atoms with van der Waals surface area (Å²) in [5.74, 6) is 1.40. The predicted octanol–water partition coefficient (Wildman–Crippen LogP) is 3.30. The lowest BCUT2D eigenvalue weighted by atomic mass is 10.2. The first-order valence-corrected chi connectivity index (χ1v) is 9.52. The van der Waals surface area contributed by atoms with Gasteiger partial charge in [-0.3, -0.25) is 0 Å². The molecule has 0 aliphatic heterocycles. The Hall–Kier alpha value is -2.21. The van der Waals surface area contributed by atoms with Crippen molar-refractivity contribution in [2.75, 3.05) is 25.2 Å². The van der Waals surface area contributed by atoms with Crippen molar-refractivity contribution in [3.05, 3.63) is 48.5 Å². The van der Waals surface area contributed by atoms with Crippen LogP contribution in [0.5, 0.6) is 11.5 Å². The molecule has 6 heteroatoms. The second kappa shape index (κ2) is 8.59. The largest absolute Gasteiger partial charge is 0.493 e. The molecule has 2 aromatic rings. The van der Waals surface area contributed by atoms with E-state index >= 15 is 0 Å². The van der Waals surface area contributed by atoms with E-state index in [4.69, 9.17) is 15.2 Å². The Labute approximate surface area is 143 Å². The van der Waals surface area contributed by atoms with E-state index in [1.807, 2.05) is 6.07 Å². The van der Waals surface area contributed by atoms with E-state index in [1.54, 1.807) is 49.6 Å². The lowest BCUT2D eigenvalue weighted by Crippen LogP contribution is -2.07. The second-order valence-corrected chi connectivity index (χ2v) is 7.56. The van der Waals surface area contributed by atoms with Crippen molar-refractivity contribution in [3.63, 3.8) is 0 Å². The number of nitrogens with two attached hydrogens (primary N) is 1. The molecule has 2 N–H and O–H groups in total. The highest BCUT2D eigenvalue weighted by Gasteiger charge is 2.13. The zero-order valence-electron chi connectivity index (χ0n) is 13.8. The van der Waals surface area contributed by atoms with Crippen LogP contribution in [0.2, 0.25) is 0 Å². The first kappa shape index (κ1) is 18.1. The number of ether oxygens (including phenoxy) is 2. The molecule has 0 radical (unpaired) electrons. The van der Waals surface area contributed by atoms with E-state index < -0.39 is 9.84 Å². The van der Waals surface area contributed by atoms with Gasteiger partial charge in [0.1, 0.15) is 0 Å². The molecule has 0 unspecified atom stereocenters. The molecule has 0 aliphatic carbocycles. The molecule has 5 nitrogen and oxygen atoms in total. The topological polar surface area (TPSA) is 78.6 Å². The minimum Gasteiger partial charge on any atom is -0.493 e. The van der Waals surface area contributed by atoms with Crippen molar-refractivity contribution in [1.82, 2.24) is 0 Å². The Balaban J connectivity index is 1.72. The molecule has 2 aromatic carbocycles. The molecule has 0 bridgehead atoms. The highest BCUT2D eigenvalue weighted by atomic mass is 32.2. The summed E-state index contributed by atoms with van der Waals surface area (Å²) in [6.45, 7) is 0.506. The second-order valence-electron chi connectivity index (χ2n) is 5.45. The Morgan fingerprint density at radius 2 is 1.71 bits per heavy atom. The third-order valence-electron chi connectivity index (χ3n) is 3.60. The maximum absolute atomic E-state index is 12.1. The fourth-order valence-corrected chi connectivity index (χ4v) is 3.69. The number of sulfone groups is 1. The Bertz CT molecular complexity index is 745. The first-order chi connectivity index (χ1) is 11.5. The van der Waals surface area contributed by atoms with Gasteiger partial charge in [-0.25, -0.2) is 8.42 Å². The molecule has 2 rings (SSSR count). The van der Waals surface area contributed by atoms with Gasteiger partial charge >= 0.3 is 0 Å². The molecule has 0 saturated heterocycles. The van der Waals surface area contributed by atoms with Crippen molar-refractivity contribution < 1.29 is 17.9 Å². The number of hydrogen-bond donors (Lipinski definition) is 1. The molecular weight excluding hydrogens is 326 g/mol. The normalized spacial score (nSPS) is 11.2. The van der Waals surface area contributed by atoms with Gasteiger partial charge in [0, 0.05) is 11.8 Å². The molecule has 0 fully saturated rings. The maximum Gasteiger partial charge on any atom is 0.178 e. The van der Waals surface area contributed by atoms with Crippen molar-refractivity contribution in [3.8, 4) is 11.5 Å². The van der Waals surface area contributed by atoms with E-state index in [9.17, 15) is 8.42 Å². The van der Waals surface area contributed by atoms with Crippen LogP contribution in [0.25, 0.3) is 0 Å². The van der Waals surface area contributed by atoms with E-state index in [0.717, 1.165) is 12.8 Å². The molecule has 24 heavy (non-hydrogen) atoms. The van der Waals surface area contributed by atoms with Crippen LogP contribution in [0.15, 0.2) is 53.4 Å². The number of unbranched alkanes of at least 4 members (excludes halogenated alkanes) is 2. The average molecular weight is 349 g/mol. The van der Waals surface area contributed by atoms with Gasteiger partial charge in [-0.05, 0) is 43.5 Å². The van der Waals surface area contributed by atoms with Gasteiger partial charge in [0.2, 0.25) is 0 Å². The van der Waals surface area contributed by atoms with Crippen LogP contribution in [-0.2, 0) is 9.84 Å². The monoisotopic (exact) mass is 349 g/mol. The number of nitrogen functional groups attached to an aromatic ring is 1. The van der Waals surface area contributed by atoms with E-state index in [1.165, 1.54) is 0 Å². The Morgan fingerprint density at radius 3 is 2.42 bits per heavy atom. The summed E-state index contributed by atoms with van der Waals surface area (Å²) in [6.07, 6.45) is 2.17. The summed E-state index contributed by atoms with van der Waals surface area (Å²) in [4.78, 5) is 0.382. The maximum atomic E-state index is 12.1. The number of anilines is 1. The number of rotatable bonds is 9. The lowest BCUT2D eigenvalue weighted by Gasteiger charge is -2.11. The summed E-state index contributed by atoms with van der Waals surface area (Å²) in [7, 11) is -1.62. The SMILES string of the molecule is COc1cc(N)ccc1OCCCCCS(=O)(=O)c1ccccc1. The molecule has 0 amide bonds. The molecule has 0 heterocycles. The van der Waals surface area contributed by atoms with Crippen LogP contribution in [-0.4, -0.2) is 27.9 Å². The fraction of sp³-hybridized carbons (Fsp3) is 0.333. The van der Waals surface area contributed by atoms with Crippen LogP contribution < -0.4 is 15.2 Å². The predicted molar refractivity (Wildman–Crippen MR) is 95.2 cm³/mol. The highest BCUT2D eigenvalue weighted by molar-refractivity contribution is 7.91. The van der Waals surface area contributed by atoms with Gasteiger partial charge in [0.25, 0.3) is 0 Å². The fourth-order valence-electron chi connectivity index (χ4n) is 2.30. The number of hydrogen-bond acceptors (Lipinski definition) is 5. The Morgan fingerprint density at radius 1 is 0.958 bits per heavy atom. The zero-order chi connectivity index (χ0) is 17.4. The van der Waals surface area contributed by atoms with Crippen molar-refractivity contribution in [1.29, 1.82) is 0 Å². The average Bonchev–Trinajstić information content (AvgIpc) is 2.59. The minimum absolute atomic E-state index is 0.155. The van der Waals surface area contributed by atoms with Gasteiger partial charge in [-0.2, -0.15) is 0 Å². The van der Waals surface area contributed by atoms with Gasteiger partial charge in [-0.1, -0.05) is 18.2 Å². The van der Waals surface area contributed by atoms with Gasteiger partial charge < -0.3 is 15.2 Å². The third-order valence-corrected chi connectivity index (χ3v) is 5.42. The van der Waals surface area contributed by atoms with Crippen LogP contribution in [0.1, 0.15) is 19.3 Å². The quantitative estimate of drug-likeness (QED) is 0.555. The first-order valence-electron chi connectivity index (χ1n) is 7.87. The molecule has 130 valence electrons. The van der Waals surface area contributed by atoms with Crippen LogP contribution in [0, 0.1) is 0 Å². The van der Waals surface area contributed by atoms with E-state index in [0.29, 0.717) is 35.1 Å². The third kappa shape index (κ3) is 5.16. The van der Waals surface area contributed by atoms with E-state index in [2.05, 4.69) is 0 Å². The molecule has 0 saturated carbocycles. The van der Waals surface area contributed by atoms with Crippen LogP contribution in [0.3, 0.4) is 0 Å². The molecule has 0 spiro atoms. The Kier molecular flexibility index (Phi) is 6.49.